The quantitative estimate of drug-likeness (QED) is 0.729. The van der Waals surface area contributed by atoms with Crippen LogP contribution >= 0.6 is 0 Å². The molecule has 1 aromatic rings. The van der Waals surface area contributed by atoms with Crippen LogP contribution in [0.4, 0.5) is 11.4 Å². The van der Waals surface area contributed by atoms with E-state index >= 15 is 0 Å². The molecule has 1 atom stereocenters. The van der Waals surface area contributed by atoms with E-state index in [1.807, 2.05) is 4.90 Å². The number of nitrogens with one attached hydrogen (secondary N) is 1. The number of carboxylic acids is 1. The second-order valence-corrected chi connectivity index (χ2v) is 8.24. The number of benzene rings is 1. The lowest BCUT2D eigenvalue weighted by atomic mass is 9.86. The molecule has 0 saturated carbocycles. The topological polar surface area (TPSA) is 93.2 Å². The van der Waals surface area contributed by atoms with Gasteiger partial charge in [-0.05, 0) is 49.9 Å². The first-order valence-corrected chi connectivity index (χ1v) is 10.3. The highest BCUT2D eigenvalue weighted by atomic mass is 16.4. The van der Waals surface area contributed by atoms with Gasteiger partial charge in [-0.2, -0.15) is 0 Å². The zero-order valence-electron chi connectivity index (χ0n) is 16.8. The average Bonchev–Trinajstić information content (AvgIpc) is 2.69. The summed E-state index contributed by atoms with van der Waals surface area (Å²) in [5, 5.41) is 11.5. The van der Waals surface area contributed by atoms with Gasteiger partial charge < -0.3 is 14.9 Å². The molecule has 3 aliphatic heterocycles. The van der Waals surface area contributed by atoms with Crippen molar-refractivity contribution >= 4 is 29.2 Å². The van der Waals surface area contributed by atoms with Crippen molar-refractivity contribution in [3.63, 3.8) is 0 Å². The minimum absolute atomic E-state index is 0.100. The largest absolute Gasteiger partial charge is 0.480 e. The Hall–Kier alpha value is -2.61. The predicted molar refractivity (Wildman–Crippen MR) is 109 cm³/mol. The van der Waals surface area contributed by atoms with Gasteiger partial charge in [0.15, 0.2) is 0 Å². The maximum absolute atomic E-state index is 12.5. The van der Waals surface area contributed by atoms with Crippen LogP contribution in [0.25, 0.3) is 0 Å². The molecule has 0 radical (unpaired) electrons. The van der Waals surface area contributed by atoms with Gasteiger partial charge in [0.2, 0.25) is 11.8 Å². The summed E-state index contributed by atoms with van der Waals surface area (Å²) in [7, 11) is 2.09. The van der Waals surface area contributed by atoms with Crippen molar-refractivity contribution in [3.05, 3.63) is 23.8 Å². The van der Waals surface area contributed by atoms with E-state index in [-0.39, 0.29) is 24.4 Å². The summed E-state index contributed by atoms with van der Waals surface area (Å²) < 4.78 is 0. The van der Waals surface area contributed by atoms with E-state index in [4.69, 9.17) is 5.11 Å². The third-order valence-electron chi connectivity index (χ3n) is 6.39. The lowest BCUT2D eigenvalue weighted by Gasteiger charge is -2.44. The molecule has 8 nitrogen and oxygen atoms in total. The highest BCUT2D eigenvalue weighted by Crippen LogP contribution is 2.43. The molecule has 4 rings (SSSR count). The summed E-state index contributed by atoms with van der Waals surface area (Å²) in [4.78, 5) is 41.4. The first kappa shape index (κ1) is 19.7. The number of para-hydroxylation sites is 1. The summed E-state index contributed by atoms with van der Waals surface area (Å²) in [5.41, 5.74) is 3.50. The van der Waals surface area contributed by atoms with E-state index in [1.54, 1.807) is 0 Å². The van der Waals surface area contributed by atoms with E-state index in [9.17, 15) is 14.4 Å². The maximum Gasteiger partial charge on any atom is 0.317 e. The van der Waals surface area contributed by atoms with E-state index < -0.39 is 5.97 Å². The fraction of sp³-hybridized carbons (Fsp3) is 0.571. The second-order valence-electron chi connectivity index (χ2n) is 8.24. The number of rotatable bonds is 4. The number of piperidine rings is 2. The molecule has 2 saturated heterocycles. The van der Waals surface area contributed by atoms with E-state index in [0.29, 0.717) is 18.8 Å². The molecule has 0 aliphatic carbocycles. The Morgan fingerprint density at radius 1 is 1.14 bits per heavy atom. The molecule has 0 aromatic heterocycles. The van der Waals surface area contributed by atoms with Gasteiger partial charge in [0.1, 0.15) is 6.04 Å². The van der Waals surface area contributed by atoms with Crippen molar-refractivity contribution in [2.24, 2.45) is 0 Å². The Labute approximate surface area is 170 Å². The summed E-state index contributed by atoms with van der Waals surface area (Å²) in [6.07, 6.45) is 2.78. The molecule has 2 N–H and O–H groups in total. The van der Waals surface area contributed by atoms with E-state index in [1.165, 1.54) is 11.3 Å². The number of nitrogens with zero attached hydrogens (tertiary/aromatic N) is 3. The third kappa shape index (κ3) is 3.94. The number of amides is 2. The number of fused-ring (bicyclic) bond motifs is 1. The van der Waals surface area contributed by atoms with Crippen LogP contribution in [0.1, 0.15) is 37.2 Å². The van der Waals surface area contributed by atoms with Gasteiger partial charge in [0, 0.05) is 26.6 Å². The van der Waals surface area contributed by atoms with Crippen LogP contribution in [0.5, 0.6) is 0 Å². The predicted octanol–water partition coefficient (Wildman–Crippen LogP) is 1.01. The molecule has 3 aliphatic rings. The minimum Gasteiger partial charge on any atom is -0.480 e. The lowest BCUT2D eigenvalue weighted by Crippen LogP contribution is -2.55. The van der Waals surface area contributed by atoms with E-state index in [0.717, 1.165) is 44.7 Å². The summed E-state index contributed by atoms with van der Waals surface area (Å²) >= 11 is 0. The molecule has 3 heterocycles. The molecular formula is C21H28N4O4. The van der Waals surface area contributed by atoms with Crippen LogP contribution in [-0.2, 0) is 14.4 Å². The fourth-order valence-corrected chi connectivity index (χ4v) is 4.91. The Morgan fingerprint density at radius 2 is 1.90 bits per heavy atom. The number of anilines is 2. The first-order valence-electron chi connectivity index (χ1n) is 10.3. The fourth-order valence-electron chi connectivity index (χ4n) is 4.91. The van der Waals surface area contributed by atoms with Crippen LogP contribution in [-0.4, -0.2) is 73.6 Å². The number of hydrogen-bond acceptors (Lipinski definition) is 6. The van der Waals surface area contributed by atoms with Crippen LogP contribution < -0.4 is 15.1 Å². The average molecular weight is 400 g/mol. The Bertz CT molecular complexity index is 819. The van der Waals surface area contributed by atoms with Crippen LogP contribution in [0.3, 0.4) is 0 Å². The molecule has 0 spiro atoms. The molecule has 156 valence electrons. The molecule has 0 bridgehead atoms. The summed E-state index contributed by atoms with van der Waals surface area (Å²) in [5.74, 6) is -0.800. The number of carboxylic acid groups (broad SMARTS) is 1. The molecule has 0 unspecified atom stereocenters. The Morgan fingerprint density at radius 3 is 2.59 bits per heavy atom. The Balaban J connectivity index is 1.58. The summed E-state index contributed by atoms with van der Waals surface area (Å²) in [6.45, 7) is 3.22. The van der Waals surface area contributed by atoms with Gasteiger partial charge in [-0.15, -0.1) is 0 Å². The molecule has 1 aromatic carbocycles. The number of imide groups is 1. The number of carbonyl (C=O) groups excluding carboxylic acids is 2. The highest BCUT2D eigenvalue weighted by Gasteiger charge is 2.36. The normalized spacial score (nSPS) is 23.7. The van der Waals surface area contributed by atoms with Crippen molar-refractivity contribution < 1.29 is 19.5 Å². The Kier molecular flexibility index (Phi) is 5.45. The zero-order valence-corrected chi connectivity index (χ0v) is 16.8. The van der Waals surface area contributed by atoms with Crippen molar-refractivity contribution in [1.29, 1.82) is 0 Å². The van der Waals surface area contributed by atoms with Gasteiger partial charge in [-0.25, -0.2) is 0 Å². The molecule has 29 heavy (non-hydrogen) atoms. The number of likely N-dealkylation sites (N-methyl/N-ethyl adjacent to an activating group) is 1. The minimum atomic E-state index is -0.778. The smallest absolute Gasteiger partial charge is 0.317 e. The van der Waals surface area contributed by atoms with Crippen molar-refractivity contribution in [1.82, 2.24) is 10.2 Å². The van der Waals surface area contributed by atoms with Crippen LogP contribution in [0, 0.1) is 0 Å². The lowest BCUT2D eigenvalue weighted by molar-refractivity contribution is -0.138. The van der Waals surface area contributed by atoms with Gasteiger partial charge in [0.25, 0.3) is 0 Å². The molecule has 2 fully saturated rings. The van der Waals surface area contributed by atoms with Gasteiger partial charge in [-0.3, -0.25) is 24.6 Å². The van der Waals surface area contributed by atoms with Crippen molar-refractivity contribution in [2.75, 3.05) is 49.6 Å². The van der Waals surface area contributed by atoms with Crippen molar-refractivity contribution in [3.8, 4) is 0 Å². The monoisotopic (exact) mass is 400 g/mol. The maximum atomic E-state index is 12.5. The zero-order chi connectivity index (χ0) is 20.5. The highest BCUT2D eigenvalue weighted by molar-refractivity contribution is 6.02. The van der Waals surface area contributed by atoms with Crippen LogP contribution in [0.2, 0.25) is 0 Å². The molecular weight excluding hydrogens is 372 g/mol. The van der Waals surface area contributed by atoms with Gasteiger partial charge in [0.05, 0.1) is 17.9 Å². The number of likely N-dealkylation sites (tertiary alicyclic amines) is 1. The number of hydrogen-bond donors (Lipinski definition) is 2. The van der Waals surface area contributed by atoms with Gasteiger partial charge >= 0.3 is 5.97 Å². The second kappa shape index (κ2) is 8.02. The SMILES string of the molecule is CN1CCN([C@H]2CCC(=O)NC2=O)c2cccc(C3CCN(CC(=O)O)CC3)c21. The number of carbonyl (C=O) groups is 3. The van der Waals surface area contributed by atoms with Gasteiger partial charge in [-0.1, -0.05) is 12.1 Å². The van der Waals surface area contributed by atoms with Crippen LogP contribution in [0.15, 0.2) is 18.2 Å². The standard InChI is InChI=1S/C21H28N4O4/c1-23-11-12-25(17-5-6-18(26)22-21(17)29)16-4-2-3-15(20(16)23)14-7-9-24(10-8-14)13-19(27)28/h2-4,14,17H,5-13H2,1H3,(H,27,28)(H,22,26,29)/t17-/m0/s1. The van der Waals surface area contributed by atoms with E-state index in [2.05, 4.69) is 40.4 Å². The first-order chi connectivity index (χ1) is 13.9. The summed E-state index contributed by atoms with van der Waals surface area (Å²) in [6, 6.07) is 5.97. The number of aliphatic carboxylic acids is 1. The van der Waals surface area contributed by atoms with Crippen molar-refractivity contribution in [2.45, 2.75) is 37.6 Å². The third-order valence-corrected chi connectivity index (χ3v) is 6.39. The molecule has 2 amide bonds. The molecule has 8 heteroatoms.